The van der Waals surface area contributed by atoms with Crippen LogP contribution in [0.15, 0.2) is 35.2 Å². The lowest BCUT2D eigenvalue weighted by Crippen LogP contribution is -2.26. The van der Waals surface area contributed by atoms with Gasteiger partial charge in [0.15, 0.2) is 0 Å². The third-order valence-electron chi connectivity index (χ3n) is 0.849. The SMILES string of the molecule is CC(C)(C)N.O.OSc1ccccc1.[HH]. The topological polar surface area (TPSA) is 77.8 Å². The van der Waals surface area contributed by atoms with Gasteiger partial charge in [0.05, 0.1) is 0 Å². The van der Waals surface area contributed by atoms with Gasteiger partial charge >= 0.3 is 0 Å². The maximum atomic E-state index is 8.45. The van der Waals surface area contributed by atoms with Crippen molar-refractivity contribution >= 4 is 12.0 Å². The first-order chi connectivity index (χ1) is 5.93. The molecule has 0 atom stereocenters. The Kier molecular flexibility index (Phi) is 8.88. The molecule has 1 rings (SSSR count). The van der Waals surface area contributed by atoms with Crippen molar-refractivity contribution in [2.75, 3.05) is 0 Å². The summed E-state index contributed by atoms with van der Waals surface area (Å²) in [6, 6.07) is 9.40. The lowest BCUT2D eigenvalue weighted by molar-refractivity contribution is 0.580. The zero-order valence-corrected chi connectivity index (χ0v) is 9.64. The van der Waals surface area contributed by atoms with E-state index in [1.54, 1.807) is 0 Å². The molecule has 0 saturated heterocycles. The number of hydrogen-bond acceptors (Lipinski definition) is 3. The molecule has 4 heteroatoms. The first-order valence-electron chi connectivity index (χ1n) is 4.09. The minimum atomic E-state index is 0. The standard InChI is InChI=1S/C6H6OS.C4H11N.H2O.H2/c7-8-6-4-2-1-3-5-6;1-4(2,3)5;;/h1-5,7H;5H2,1-3H3;1H2;1H. The summed E-state index contributed by atoms with van der Waals surface area (Å²) in [5.74, 6) is 0. The Labute approximate surface area is 91.3 Å². The average molecular weight is 219 g/mol. The fourth-order valence-electron chi connectivity index (χ4n) is 0.481. The third kappa shape index (κ3) is 14.0. The van der Waals surface area contributed by atoms with Gasteiger partial charge in [-0.25, -0.2) is 0 Å². The number of nitrogens with two attached hydrogens (primary N) is 1. The van der Waals surface area contributed by atoms with Gasteiger partial charge in [-0.1, -0.05) is 18.2 Å². The van der Waals surface area contributed by atoms with E-state index >= 15 is 0 Å². The van der Waals surface area contributed by atoms with Crippen molar-refractivity contribution < 1.29 is 11.5 Å². The third-order valence-corrected chi connectivity index (χ3v) is 1.33. The zero-order chi connectivity index (χ0) is 10.3. The Morgan fingerprint density at radius 3 is 1.79 bits per heavy atom. The number of rotatable bonds is 1. The molecule has 0 aliphatic rings. The van der Waals surface area contributed by atoms with Crippen LogP contribution in [0.1, 0.15) is 22.2 Å². The van der Waals surface area contributed by atoms with Crippen LogP contribution in [0.2, 0.25) is 0 Å². The molecule has 84 valence electrons. The Balaban J connectivity index is -0.000000185. The van der Waals surface area contributed by atoms with Gasteiger partial charge in [0.1, 0.15) is 0 Å². The molecule has 0 radical (unpaired) electrons. The van der Waals surface area contributed by atoms with Crippen LogP contribution in [0.5, 0.6) is 0 Å². The van der Waals surface area contributed by atoms with E-state index in [2.05, 4.69) is 0 Å². The van der Waals surface area contributed by atoms with Crippen molar-refractivity contribution in [3.8, 4) is 0 Å². The molecule has 5 N–H and O–H groups in total. The van der Waals surface area contributed by atoms with Crippen molar-refractivity contribution in [2.45, 2.75) is 31.2 Å². The lowest BCUT2D eigenvalue weighted by atomic mass is 10.1. The molecule has 3 nitrogen and oxygen atoms in total. The first-order valence-corrected chi connectivity index (χ1v) is 4.86. The summed E-state index contributed by atoms with van der Waals surface area (Å²) >= 11 is 0.769. The van der Waals surface area contributed by atoms with Crippen molar-refractivity contribution in [3.05, 3.63) is 30.3 Å². The molecule has 1 aromatic rings. The molecular weight excluding hydrogens is 198 g/mol. The number of hydrogen-bond donors (Lipinski definition) is 2. The minimum absolute atomic E-state index is 0. The second-order valence-corrected chi connectivity index (χ2v) is 4.42. The summed E-state index contributed by atoms with van der Waals surface area (Å²) < 4.78 is 8.45. The fourth-order valence-corrected chi connectivity index (χ4v) is 0.760. The van der Waals surface area contributed by atoms with Gasteiger partial charge in [-0.3, -0.25) is 0 Å². The largest absolute Gasteiger partial charge is 0.412 e. The Bertz CT molecular complexity index is 221. The molecule has 0 bridgehead atoms. The molecule has 0 aliphatic carbocycles. The van der Waals surface area contributed by atoms with Gasteiger partial charge in [0.2, 0.25) is 0 Å². The van der Waals surface area contributed by atoms with E-state index < -0.39 is 0 Å². The fraction of sp³-hybridized carbons (Fsp3) is 0.400. The molecule has 0 aromatic heterocycles. The second kappa shape index (κ2) is 7.82. The van der Waals surface area contributed by atoms with E-state index in [-0.39, 0.29) is 12.4 Å². The van der Waals surface area contributed by atoms with Crippen molar-refractivity contribution in [1.82, 2.24) is 0 Å². The van der Waals surface area contributed by atoms with Crippen LogP contribution in [0, 0.1) is 0 Å². The normalized spacial score (nSPS) is 9.50. The Morgan fingerprint density at radius 2 is 1.57 bits per heavy atom. The molecule has 0 fully saturated rings. The van der Waals surface area contributed by atoms with Crippen LogP contribution in [-0.4, -0.2) is 15.6 Å². The molecule has 0 heterocycles. The smallest absolute Gasteiger partial charge is 0.0350 e. The minimum Gasteiger partial charge on any atom is -0.412 e. The summed E-state index contributed by atoms with van der Waals surface area (Å²) in [6.07, 6.45) is 0. The van der Waals surface area contributed by atoms with E-state index in [1.165, 1.54) is 0 Å². The summed E-state index contributed by atoms with van der Waals surface area (Å²) in [5, 5.41) is 0. The van der Waals surface area contributed by atoms with Gasteiger partial charge < -0.3 is 15.8 Å². The summed E-state index contributed by atoms with van der Waals surface area (Å²) in [7, 11) is 0. The van der Waals surface area contributed by atoms with Crippen LogP contribution in [-0.2, 0) is 0 Å². The predicted octanol–water partition coefficient (Wildman–Crippen LogP) is 2.42. The van der Waals surface area contributed by atoms with Gasteiger partial charge in [-0.05, 0) is 32.9 Å². The molecule has 0 spiro atoms. The molecule has 1 aromatic carbocycles. The number of benzene rings is 1. The van der Waals surface area contributed by atoms with Crippen LogP contribution >= 0.6 is 12.0 Å². The van der Waals surface area contributed by atoms with E-state index in [0.717, 1.165) is 16.9 Å². The summed E-state index contributed by atoms with van der Waals surface area (Å²) in [4.78, 5) is 0.882. The van der Waals surface area contributed by atoms with E-state index in [9.17, 15) is 0 Å². The van der Waals surface area contributed by atoms with Gasteiger partial charge in [0, 0.05) is 23.9 Å². The predicted molar refractivity (Wildman–Crippen MR) is 64.6 cm³/mol. The Morgan fingerprint density at radius 1 is 1.21 bits per heavy atom. The van der Waals surface area contributed by atoms with E-state index in [4.69, 9.17) is 10.3 Å². The highest BCUT2D eigenvalue weighted by Gasteiger charge is 1.95. The maximum absolute atomic E-state index is 8.45. The molecule has 0 aliphatic heterocycles. The summed E-state index contributed by atoms with van der Waals surface area (Å²) in [6.45, 7) is 5.90. The maximum Gasteiger partial charge on any atom is 0.0350 e. The van der Waals surface area contributed by atoms with Gasteiger partial charge in [-0.15, -0.1) is 0 Å². The van der Waals surface area contributed by atoms with E-state index in [0.29, 0.717) is 0 Å². The monoisotopic (exact) mass is 219 g/mol. The van der Waals surface area contributed by atoms with Crippen molar-refractivity contribution in [2.24, 2.45) is 5.73 Å². The zero-order valence-electron chi connectivity index (χ0n) is 8.82. The van der Waals surface area contributed by atoms with Crippen LogP contribution in [0.4, 0.5) is 0 Å². The highest BCUT2D eigenvalue weighted by atomic mass is 32.2. The van der Waals surface area contributed by atoms with Crippen molar-refractivity contribution in [3.63, 3.8) is 0 Å². The molecule has 0 unspecified atom stereocenters. The molecule has 0 saturated carbocycles. The van der Waals surface area contributed by atoms with Crippen LogP contribution in [0.25, 0.3) is 0 Å². The summed E-state index contributed by atoms with van der Waals surface area (Å²) in [5.41, 5.74) is 5.35. The van der Waals surface area contributed by atoms with Crippen LogP contribution in [0.3, 0.4) is 0 Å². The molecule has 14 heavy (non-hydrogen) atoms. The Hall–Kier alpha value is -0.550. The van der Waals surface area contributed by atoms with Gasteiger partial charge in [-0.2, -0.15) is 0 Å². The quantitative estimate of drug-likeness (QED) is 0.712. The highest BCUT2D eigenvalue weighted by molar-refractivity contribution is 7.93. The highest BCUT2D eigenvalue weighted by Crippen LogP contribution is 2.10. The van der Waals surface area contributed by atoms with Crippen LogP contribution < -0.4 is 5.73 Å². The van der Waals surface area contributed by atoms with Gasteiger partial charge in [0.25, 0.3) is 0 Å². The lowest BCUT2D eigenvalue weighted by Gasteiger charge is -2.06. The first kappa shape index (κ1) is 15.9. The van der Waals surface area contributed by atoms with Crippen molar-refractivity contribution in [1.29, 1.82) is 0 Å². The second-order valence-electron chi connectivity index (χ2n) is 3.77. The molecule has 0 amide bonds. The molecular formula is C10H21NO2S. The van der Waals surface area contributed by atoms with E-state index in [1.807, 2.05) is 51.1 Å². The average Bonchev–Trinajstić information content (AvgIpc) is 2.03.